The number of aromatic nitrogens is 2. The Morgan fingerprint density at radius 3 is 1.97 bits per heavy atom. The van der Waals surface area contributed by atoms with Gasteiger partial charge in [-0.15, -0.1) is 11.6 Å². The van der Waals surface area contributed by atoms with Gasteiger partial charge in [-0.2, -0.15) is 16.2 Å². The van der Waals surface area contributed by atoms with Gasteiger partial charge < -0.3 is 0 Å². The molecule has 2 nitrogen and oxygen atoms in total. The van der Waals surface area contributed by atoms with Crippen LogP contribution in [-0.4, -0.2) is 9.13 Å². The molecular formula is C26H30IrN2. The summed E-state index contributed by atoms with van der Waals surface area (Å²) in [5.74, 6) is 0. The van der Waals surface area contributed by atoms with E-state index in [0.717, 1.165) is 0 Å². The fourth-order valence-electron chi connectivity index (χ4n) is 6.18. The maximum Gasteiger partial charge on any atom is 0.192 e. The molecule has 2 aromatic carbocycles. The predicted octanol–water partition coefficient (Wildman–Crippen LogP) is 5.68. The minimum absolute atomic E-state index is 0. The third kappa shape index (κ3) is 3.04. The first kappa shape index (κ1) is 19.5. The van der Waals surface area contributed by atoms with Gasteiger partial charge in [0.1, 0.15) is 0 Å². The second kappa shape index (κ2) is 7.67. The van der Waals surface area contributed by atoms with E-state index in [0.29, 0.717) is 0 Å². The van der Waals surface area contributed by atoms with Crippen molar-refractivity contribution in [1.82, 2.24) is 9.13 Å². The van der Waals surface area contributed by atoms with Crippen LogP contribution in [-0.2, 0) is 65.7 Å². The molecule has 0 N–H and O–H groups in total. The van der Waals surface area contributed by atoms with Crippen molar-refractivity contribution in [3.63, 3.8) is 0 Å². The zero-order valence-corrected chi connectivity index (χ0v) is 19.8. The van der Waals surface area contributed by atoms with Crippen molar-refractivity contribution in [2.45, 2.75) is 77.0 Å². The molecule has 3 aliphatic rings. The second-order valence-electron chi connectivity index (χ2n) is 9.20. The summed E-state index contributed by atoms with van der Waals surface area (Å²) in [5, 5.41) is 0. The van der Waals surface area contributed by atoms with Crippen LogP contribution in [0.25, 0.3) is 16.7 Å². The van der Waals surface area contributed by atoms with Gasteiger partial charge in [-0.25, -0.2) is 4.57 Å². The zero-order valence-electron chi connectivity index (χ0n) is 17.4. The third-order valence-electron chi connectivity index (χ3n) is 7.50. The van der Waals surface area contributed by atoms with Crippen molar-refractivity contribution in [3.8, 4) is 5.69 Å². The van der Waals surface area contributed by atoms with Crippen LogP contribution in [0.1, 0.15) is 71.9 Å². The van der Waals surface area contributed by atoms with Crippen LogP contribution in [0.2, 0.25) is 0 Å². The molecule has 0 fully saturated rings. The van der Waals surface area contributed by atoms with Gasteiger partial charge in [0.2, 0.25) is 0 Å². The van der Waals surface area contributed by atoms with Crippen molar-refractivity contribution in [2.24, 2.45) is 7.05 Å². The summed E-state index contributed by atoms with van der Waals surface area (Å²) in [7, 11) is 2.25. The second-order valence-corrected chi connectivity index (χ2v) is 9.20. The molecule has 3 heteroatoms. The fourth-order valence-corrected chi connectivity index (χ4v) is 6.18. The van der Waals surface area contributed by atoms with Crippen LogP contribution in [0.15, 0.2) is 18.5 Å². The standard InChI is InChI=1S/C26H30N2.Ir/c1-27-17-28(20-15-14-18-8-2-3-9-19(18)16-20)26-24-13-7-5-11-22(24)21-10-4-6-12-23(21)25(26)27;/h14,16-17H,2-13H2,1H3;. The number of imidazole rings is 1. The molecule has 0 amide bonds. The van der Waals surface area contributed by atoms with E-state index in [4.69, 9.17) is 0 Å². The van der Waals surface area contributed by atoms with Crippen LogP contribution >= 0.6 is 0 Å². The zero-order chi connectivity index (χ0) is 18.7. The van der Waals surface area contributed by atoms with E-state index in [9.17, 15) is 0 Å². The van der Waals surface area contributed by atoms with Crippen molar-refractivity contribution in [1.29, 1.82) is 0 Å². The van der Waals surface area contributed by atoms with Gasteiger partial charge in [0.25, 0.3) is 0 Å². The SMILES string of the molecule is Cn1[cH+]n(-c2[c-]cc3c(c2)CCCC3)c2c3c(c4c(c21)CCCC4)CCCC3.[Ir]. The van der Waals surface area contributed by atoms with Crippen LogP contribution in [0.3, 0.4) is 0 Å². The molecule has 0 saturated heterocycles. The predicted molar refractivity (Wildman–Crippen MR) is 115 cm³/mol. The van der Waals surface area contributed by atoms with Gasteiger partial charge in [-0.3, -0.25) is 0 Å². The largest absolute Gasteiger partial charge is 0.248 e. The molecule has 1 heterocycles. The first-order valence-corrected chi connectivity index (χ1v) is 11.4. The van der Waals surface area contributed by atoms with Crippen LogP contribution in [0, 0.1) is 6.07 Å². The molecule has 153 valence electrons. The van der Waals surface area contributed by atoms with Gasteiger partial charge in [-0.05, 0) is 68.9 Å². The van der Waals surface area contributed by atoms with Gasteiger partial charge >= 0.3 is 0 Å². The quantitative estimate of drug-likeness (QED) is 0.338. The molecule has 6 rings (SSSR count). The van der Waals surface area contributed by atoms with Gasteiger partial charge in [0.15, 0.2) is 17.4 Å². The number of fused-ring (bicyclic) bond motifs is 7. The average molecular weight is 563 g/mol. The molecule has 0 atom stereocenters. The molecule has 0 spiro atoms. The van der Waals surface area contributed by atoms with E-state index in [1.165, 1.54) is 99.3 Å². The minimum Gasteiger partial charge on any atom is -0.248 e. The summed E-state index contributed by atoms with van der Waals surface area (Å²) >= 11 is 0. The van der Waals surface area contributed by atoms with Crippen molar-refractivity contribution in [2.75, 3.05) is 0 Å². The summed E-state index contributed by atoms with van der Waals surface area (Å²) in [6.45, 7) is 0. The molecule has 3 aromatic rings. The van der Waals surface area contributed by atoms with E-state index >= 15 is 0 Å². The Morgan fingerprint density at radius 2 is 1.28 bits per heavy atom. The molecule has 0 bridgehead atoms. The molecule has 0 saturated carbocycles. The number of aryl methyl sites for hydroxylation is 5. The number of hydrogen-bond acceptors (Lipinski definition) is 0. The molecule has 0 unspecified atom stereocenters. The molecule has 1 aromatic heterocycles. The Kier molecular flexibility index (Phi) is 5.16. The summed E-state index contributed by atoms with van der Waals surface area (Å²) in [5.41, 5.74) is 14.0. The third-order valence-corrected chi connectivity index (χ3v) is 7.50. The number of nitrogens with zero attached hydrogens (tertiary/aromatic N) is 2. The molecule has 29 heavy (non-hydrogen) atoms. The summed E-state index contributed by atoms with van der Waals surface area (Å²) in [6.07, 6.45) is 18.0. The van der Waals surface area contributed by atoms with Gasteiger partial charge in [0, 0.05) is 44.0 Å². The first-order valence-electron chi connectivity index (χ1n) is 11.4. The van der Waals surface area contributed by atoms with Crippen LogP contribution in [0.5, 0.6) is 0 Å². The monoisotopic (exact) mass is 563 g/mol. The van der Waals surface area contributed by atoms with Crippen molar-refractivity contribution < 1.29 is 20.1 Å². The maximum absolute atomic E-state index is 3.65. The smallest absolute Gasteiger partial charge is 0.192 e. The topological polar surface area (TPSA) is 9.86 Å². The summed E-state index contributed by atoms with van der Waals surface area (Å²) in [4.78, 5) is 0. The average Bonchev–Trinajstić information content (AvgIpc) is 3.11. The summed E-state index contributed by atoms with van der Waals surface area (Å²) < 4.78 is 4.88. The Bertz CT molecular complexity index is 1090. The maximum atomic E-state index is 3.65. The molecule has 1 radical (unpaired) electrons. The minimum atomic E-state index is 0. The van der Waals surface area contributed by atoms with E-state index < -0.39 is 0 Å². The van der Waals surface area contributed by atoms with Crippen molar-refractivity contribution >= 4 is 11.0 Å². The van der Waals surface area contributed by atoms with Gasteiger partial charge in [-0.1, -0.05) is 25.3 Å². The Morgan fingerprint density at radius 1 is 0.724 bits per heavy atom. The number of benzene rings is 2. The number of hydrogen-bond donors (Lipinski definition) is 0. The van der Waals surface area contributed by atoms with Crippen molar-refractivity contribution in [3.05, 3.63) is 57.9 Å². The van der Waals surface area contributed by atoms with E-state index in [1.807, 2.05) is 0 Å². The normalized spacial score (nSPS) is 18.0. The Balaban J connectivity index is 0.00000181. The fraction of sp³-hybridized carbons (Fsp3) is 0.500. The van der Waals surface area contributed by atoms with E-state index in [-0.39, 0.29) is 20.1 Å². The van der Waals surface area contributed by atoms with E-state index in [1.54, 1.807) is 27.8 Å². The molecule has 0 aliphatic heterocycles. The molecule has 3 aliphatic carbocycles. The Labute approximate surface area is 187 Å². The van der Waals surface area contributed by atoms with Crippen LogP contribution < -0.4 is 0 Å². The number of rotatable bonds is 1. The van der Waals surface area contributed by atoms with E-state index in [2.05, 4.69) is 40.7 Å². The van der Waals surface area contributed by atoms with Crippen LogP contribution in [0.4, 0.5) is 0 Å². The molecular weight excluding hydrogens is 533 g/mol. The first-order chi connectivity index (χ1) is 13.8. The summed E-state index contributed by atoms with van der Waals surface area (Å²) in [6, 6.07) is 8.37. The van der Waals surface area contributed by atoms with Gasteiger partial charge in [0.05, 0.1) is 0 Å². The Hall–Kier alpha value is -1.44.